The highest BCUT2D eigenvalue weighted by atomic mass is 16.5. The molecule has 20 heavy (non-hydrogen) atoms. The molecule has 2 aliphatic rings. The number of ether oxygens (including phenoxy) is 1. The van der Waals surface area contributed by atoms with Crippen molar-refractivity contribution < 1.29 is 19.4 Å². The first-order valence-electron chi connectivity index (χ1n) is 7.16. The number of carbonyl (C=O) groups excluding carboxylic acids is 1. The van der Waals surface area contributed by atoms with Crippen LogP contribution in [0.2, 0.25) is 0 Å². The lowest BCUT2D eigenvalue weighted by Crippen LogP contribution is -2.58. The fourth-order valence-electron chi connectivity index (χ4n) is 3.10. The number of amides is 1. The molecule has 2 atom stereocenters. The Morgan fingerprint density at radius 1 is 1.20 bits per heavy atom. The van der Waals surface area contributed by atoms with Gasteiger partial charge in [-0.25, -0.2) is 4.79 Å². The Bertz CT molecular complexity index is 393. The van der Waals surface area contributed by atoms with Gasteiger partial charge in [0, 0.05) is 19.1 Å². The average Bonchev–Trinajstić information content (AvgIpc) is 2.81. The number of aliphatic carboxylic acids is 1. The molecule has 1 saturated heterocycles. The summed E-state index contributed by atoms with van der Waals surface area (Å²) in [4.78, 5) is 27.1. The second kappa shape index (κ2) is 5.69. The fraction of sp³-hybridized carbons (Fsp3) is 0.857. The maximum Gasteiger partial charge on any atom is 0.332 e. The molecule has 1 amide bonds. The molecule has 2 rings (SSSR count). The van der Waals surface area contributed by atoms with E-state index in [1.807, 2.05) is 14.1 Å². The Morgan fingerprint density at radius 3 is 2.20 bits per heavy atom. The first-order chi connectivity index (χ1) is 9.35. The standard InChI is InChI=1S/C14H24N2O4/c1-15(2)14(7-4-8-14)9-16(3)12(17)10-5-6-11(20-10)13(18)19/h10-11H,4-9H2,1-3H3,(H,18,19). The van der Waals surface area contributed by atoms with E-state index >= 15 is 0 Å². The predicted molar refractivity (Wildman–Crippen MR) is 73.4 cm³/mol. The normalized spacial score (nSPS) is 28.2. The number of carboxylic acid groups (broad SMARTS) is 1. The molecular weight excluding hydrogens is 260 g/mol. The summed E-state index contributed by atoms with van der Waals surface area (Å²) in [5.41, 5.74) is 0.0786. The molecule has 0 radical (unpaired) electrons. The van der Waals surface area contributed by atoms with Crippen molar-refractivity contribution in [3.05, 3.63) is 0 Å². The Labute approximate surface area is 119 Å². The Balaban J connectivity index is 1.91. The maximum absolute atomic E-state index is 12.3. The van der Waals surface area contributed by atoms with Crippen molar-refractivity contribution in [2.45, 2.75) is 49.9 Å². The molecule has 2 fully saturated rings. The van der Waals surface area contributed by atoms with E-state index in [4.69, 9.17) is 9.84 Å². The van der Waals surface area contributed by atoms with Crippen LogP contribution in [-0.2, 0) is 14.3 Å². The van der Waals surface area contributed by atoms with Gasteiger partial charge in [-0.15, -0.1) is 0 Å². The summed E-state index contributed by atoms with van der Waals surface area (Å²) < 4.78 is 5.33. The first-order valence-corrected chi connectivity index (χ1v) is 7.16. The van der Waals surface area contributed by atoms with Gasteiger partial charge in [-0.05, 0) is 46.2 Å². The van der Waals surface area contributed by atoms with Crippen molar-refractivity contribution in [2.75, 3.05) is 27.7 Å². The number of carbonyl (C=O) groups is 2. The van der Waals surface area contributed by atoms with Crippen LogP contribution in [0.25, 0.3) is 0 Å². The SMILES string of the molecule is CN(CC1(N(C)C)CCC1)C(=O)C1CCC(C(=O)O)O1. The van der Waals surface area contributed by atoms with Crippen LogP contribution in [0.5, 0.6) is 0 Å². The summed E-state index contributed by atoms with van der Waals surface area (Å²) in [6.07, 6.45) is 2.88. The zero-order valence-corrected chi connectivity index (χ0v) is 12.5. The van der Waals surface area contributed by atoms with Gasteiger partial charge in [0.15, 0.2) is 6.10 Å². The van der Waals surface area contributed by atoms with Crippen LogP contribution in [0, 0.1) is 0 Å². The lowest BCUT2D eigenvalue weighted by Gasteiger charge is -2.49. The third-order valence-corrected chi connectivity index (χ3v) is 4.71. The molecule has 0 spiro atoms. The Hall–Kier alpha value is -1.14. The molecule has 1 aliphatic heterocycles. The van der Waals surface area contributed by atoms with Crippen molar-refractivity contribution in [1.82, 2.24) is 9.80 Å². The fourth-order valence-corrected chi connectivity index (χ4v) is 3.10. The lowest BCUT2D eigenvalue weighted by atomic mass is 9.75. The third-order valence-electron chi connectivity index (χ3n) is 4.71. The molecule has 0 aromatic heterocycles. The van der Waals surface area contributed by atoms with Crippen molar-refractivity contribution in [2.24, 2.45) is 0 Å². The van der Waals surface area contributed by atoms with Crippen LogP contribution in [0.15, 0.2) is 0 Å². The van der Waals surface area contributed by atoms with Crippen LogP contribution < -0.4 is 0 Å². The number of likely N-dealkylation sites (N-methyl/N-ethyl adjacent to an activating group) is 2. The molecule has 0 bridgehead atoms. The second-order valence-corrected chi connectivity index (χ2v) is 6.20. The zero-order chi connectivity index (χ0) is 14.9. The van der Waals surface area contributed by atoms with Gasteiger partial charge in [0.05, 0.1) is 0 Å². The second-order valence-electron chi connectivity index (χ2n) is 6.20. The molecule has 1 aliphatic carbocycles. The molecule has 1 heterocycles. The van der Waals surface area contributed by atoms with E-state index in [0.717, 1.165) is 12.8 Å². The minimum atomic E-state index is -0.980. The summed E-state index contributed by atoms with van der Waals surface area (Å²) in [5, 5.41) is 8.90. The monoisotopic (exact) mass is 284 g/mol. The number of hydrogen-bond acceptors (Lipinski definition) is 4. The number of nitrogens with zero attached hydrogens (tertiary/aromatic N) is 2. The largest absolute Gasteiger partial charge is 0.479 e. The summed E-state index contributed by atoms with van der Waals surface area (Å²) in [5.74, 6) is -1.08. The molecular formula is C14H24N2O4. The summed E-state index contributed by atoms with van der Waals surface area (Å²) in [6.45, 7) is 0.677. The minimum Gasteiger partial charge on any atom is -0.479 e. The van der Waals surface area contributed by atoms with Gasteiger partial charge in [0.25, 0.3) is 5.91 Å². The minimum absolute atomic E-state index is 0.0786. The van der Waals surface area contributed by atoms with Crippen LogP contribution in [0.4, 0.5) is 0 Å². The molecule has 2 unspecified atom stereocenters. The van der Waals surface area contributed by atoms with Crippen LogP contribution >= 0.6 is 0 Å². The lowest BCUT2D eigenvalue weighted by molar-refractivity contribution is -0.155. The van der Waals surface area contributed by atoms with Crippen LogP contribution in [0.3, 0.4) is 0 Å². The van der Waals surface area contributed by atoms with E-state index in [9.17, 15) is 9.59 Å². The molecule has 1 N–H and O–H groups in total. The zero-order valence-electron chi connectivity index (χ0n) is 12.5. The Morgan fingerprint density at radius 2 is 1.80 bits per heavy atom. The number of hydrogen-bond donors (Lipinski definition) is 1. The summed E-state index contributed by atoms with van der Waals surface area (Å²) in [7, 11) is 5.87. The van der Waals surface area contributed by atoms with E-state index in [-0.39, 0.29) is 11.4 Å². The smallest absolute Gasteiger partial charge is 0.332 e. The van der Waals surface area contributed by atoms with Gasteiger partial charge in [0.2, 0.25) is 0 Å². The quantitative estimate of drug-likeness (QED) is 0.799. The van der Waals surface area contributed by atoms with E-state index in [0.29, 0.717) is 19.4 Å². The van der Waals surface area contributed by atoms with Gasteiger partial charge >= 0.3 is 5.97 Å². The van der Waals surface area contributed by atoms with Gasteiger partial charge in [-0.2, -0.15) is 0 Å². The molecule has 1 saturated carbocycles. The predicted octanol–water partition coefficient (Wildman–Crippen LogP) is 0.561. The van der Waals surface area contributed by atoms with Crippen molar-refractivity contribution in [3.63, 3.8) is 0 Å². The Kier molecular flexibility index (Phi) is 4.34. The van der Waals surface area contributed by atoms with Crippen molar-refractivity contribution >= 4 is 11.9 Å². The third kappa shape index (κ3) is 2.81. The van der Waals surface area contributed by atoms with Gasteiger partial charge in [-0.1, -0.05) is 0 Å². The van der Waals surface area contributed by atoms with Gasteiger partial charge in [0.1, 0.15) is 6.10 Å². The molecule has 0 aromatic rings. The maximum atomic E-state index is 12.3. The van der Waals surface area contributed by atoms with Gasteiger partial charge < -0.3 is 19.6 Å². The highest BCUT2D eigenvalue weighted by Gasteiger charge is 2.42. The van der Waals surface area contributed by atoms with Crippen LogP contribution in [-0.4, -0.2) is 72.2 Å². The highest BCUT2D eigenvalue weighted by Crippen LogP contribution is 2.37. The number of rotatable bonds is 5. The average molecular weight is 284 g/mol. The highest BCUT2D eigenvalue weighted by molar-refractivity contribution is 5.82. The first kappa shape index (κ1) is 15.3. The summed E-state index contributed by atoms with van der Waals surface area (Å²) >= 11 is 0. The summed E-state index contributed by atoms with van der Waals surface area (Å²) in [6, 6.07) is 0. The topological polar surface area (TPSA) is 70.1 Å². The van der Waals surface area contributed by atoms with Crippen molar-refractivity contribution in [1.29, 1.82) is 0 Å². The molecule has 6 nitrogen and oxygen atoms in total. The van der Waals surface area contributed by atoms with E-state index in [1.165, 1.54) is 6.42 Å². The van der Waals surface area contributed by atoms with Crippen molar-refractivity contribution in [3.8, 4) is 0 Å². The molecule has 114 valence electrons. The van der Waals surface area contributed by atoms with Crippen LogP contribution in [0.1, 0.15) is 32.1 Å². The van der Waals surface area contributed by atoms with E-state index < -0.39 is 18.2 Å². The van der Waals surface area contributed by atoms with E-state index in [2.05, 4.69) is 4.90 Å². The van der Waals surface area contributed by atoms with Gasteiger partial charge in [-0.3, -0.25) is 4.79 Å². The molecule has 0 aromatic carbocycles. The van der Waals surface area contributed by atoms with E-state index in [1.54, 1.807) is 11.9 Å². The molecule has 6 heteroatoms. The number of carboxylic acids is 1.